The molecule has 0 bridgehead atoms. The minimum absolute atomic E-state index is 0.442. The van der Waals surface area contributed by atoms with Crippen molar-refractivity contribution in [2.75, 3.05) is 0 Å². The van der Waals surface area contributed by atoms with Crippen LogP contribution in [-0.4, -0.2) is 10.1 Å². The molecule has 0 aliphatic carbocycles. The monoisotopic (exact) mass is 267 g/mol. The largest absolute Gasteiger partial charge is 0.386 e. The number of aromatic nitrogens is 1. The summed E-state index contributed by atoms with van der Waals surface area (Å²) in [6.45, 7) is 0. The molecule has 0 aliphatic rings. The molecule has 17 heavy (non-hydrogen) atoms. The number of pyridine rings is 1. The van der Waals surface area contributed by atoms with Crippen LogP contribution in [0.5, 0.6) is 0 Å². The van der Waals surface area contributed by atoms with Gasteiger partial charge in [0.2, 0.25) is 0 Å². The molecule has 1 heterocycles. The lowest BCUT2D eigenvalue weighted by atomic mass is 10.1. The van der Waals surface area contributed by atoms with E-state index in [4.69, 9.17) is 23.2 Å². The zero-order valence-electron chi connectivity index (χ0n) is 8.98. The number of aliphatic hydroxyl groups is 1. The Morgan fingerprint density at radius 1 is 1.18 bits per heavy atom. The van der Waals surface area contributed by atoms with Crippen molar-refractivity contribution in [2.24, 2.45) is 0 Å². The Bertz CT molecular complexity index is 516. The summed E-state index contributed by atoms with van der Waals surface area (Å²) >= 11 is 11.9. The molecule has 1 aromatic heterocycles. The van der Waals surface area contributed by atoms with Gasteiger partial charge in [-0.15, -0.1) is 0 Å². The van der Waals surface area contributed by atoms with Crippen LogP contribution in [0.2, 0.25) is 10.0 Å². The SMILES string of the molecule is OC(Cc1cccc(Cl)c1)c1ncccc1Cl. The fourth-order valence-corrected chi connectivity index (χ4v) is 2.09. The van der Waals surface area contributed by atoms with Gasteiger partial charge in [0.15, 0.2) is 0 Å². The van der Waals surface area contributed by atoms with Crippen LogP contribution < -0.4 is 0 Å². The smallest absolute Gasteiger partial charge is 0.101 e. The Morgan fingerprint density at radius 2 is 2.00 bits per heavy atom. The second-order valence-corrected chi connectivity index (χ2v) is 4.56. The molecule has 0 fully saturated rings. The first kappa shape index (κ1) is 12.4. The number of halogens is 2. The second-order valence-electron chi connectivity index (χ2n) is 3.72. The Morgan fingerprint density at radius 3 is 2.71 bits per heavy atom. The molecule has 1 aromatic carbocycles. The van der Waals surface area contributed by atoms with E-state index in [0.717, 1.165) is 5.56 Å². The third kappa shape index (κ3) is 3.19. The third-order valence-electron chi connectivity index (χ3n) is 2.42. The van der Waals surface area contributed by atoms with E-state index >= 15 is 0 Å². The van der Waals surface area contributed by atoms with Gasteiger partial charge in [-0.2, -0.15) is 0 Å². The van der Waals surface area contributed by atoms with E-state index in [-0.39, 0.29) is 0 Å². The van der Waals surface area contributed by atoms with E-state index in [2.05, 4.69) is 4.98 Å². The van der Waals surface area contributed by atoms with E-state index in [1.807, 2.05) is 18.2 Å². The van der Waals surface area contributed by atoms with Crippen molar-refractivity contribution < 1.29 is 5.11 Å². The number of benzene rings is 1. The normalized spacial score (nSPS) is 12.4. The molecule has 1 unspecified atom stereocenters. The lowest BCUT2D eigenvalue weighted by Gasteiger charge is -2.11. The van der Waals surface area contributed by atoms with Crippen LogP contribution in [0.4, 0.5) is 0 Å². The van der Waals surface area contributed by atoms with E-state index in [9.17, 15) is 5.11 Å². The molecule has 0 aliphatic heterocycles. The van der Waals surface area contributed by atoms with Crippen LogP contribution in [0, 0.1) is 0 Å². The fourth-order valence-electron chi connectivity index (χ4n) is 1.63. The summed E-state index contributed by atoms with van der Waals surface area (Å²) in [6, 6.07) is 10.8. The van der Waals surface area contributed by atoms with E-state index in [1.54, 1.807) is 24.4 Å². The fraction of sp³-hybridized carbons (Fsp3) is 0.154. The first-order valence-electron chi connectivity index (χ1n) is 5.20. The first-order valence-corrected chi connectivity index (χ1v) is 5.95. The highest BCUT2D eigenvalue weighted by Crippen LogP contribution is 2.24. The zero-order chi connectivity index (χ0) is 12.3. The van der Waals surface area contributed by atoms with Gasteiger partial charge in [0.1, 0.15) is 6.10 Å². The van der Waals surface area contributed by atoms with Gasteiger partial charge < -0.3 is 5.11 Å². The molecule has 88 valence electrons. The number of rotatable bonds is 3. The van der Waals surface area contributed by atoms with Crippen LogP contribution in [0.15, 0.2) is 42.6 Å². The molecule has 2 aromatic rings. The van der Waals surface area contributed by atoms with E-state index < -0.39 is 6.10 Å². The van der Waals surface area contributed by atoms with Crippen molar-refractivity contribution >= 4 is 23.2 Å². The van der Waals surface area contributed by atoms with Crippen molar-refractivity contribution in [1.29, 1.82) is 0 Å². The Hall–Kier alpha value is -1.09. The Labute approximate surface area is 110 Å². The molecule has 4 heteroatoms. The highest BCUT2D eigenvalue weighted by atomic mass is 35.5. The van der Waals surface area contributed by atoms with Crippen LogP contribution in [0.3, 0.4) is 0 Å². The van der Waals surface area contributed by atoms with Gasteiger partial charge >= 0.3 is 0 Å². The summed E-state index contributed by atoms with van der Waals surface area (Å²) in [5.74, 6) is 0. The van der Waals surface area contributed by atoms with Crippen LogP contribution >= 0.6 is 23.2 Å². The highest BCUT2D eigenvalue weighted by Gasteiger charge is 2.13. The molecule has 2 nitrogen and oxygen atoms in total. The third-order valence-corrected chi connectivity index (χ3v) is 2.98. The second kappa shape index (κ2) is 5.50. The van der Waals surface area contributed by atoms with Gasteiger partial charge in [-0.05, 0) is 29.8 Å². The van der Waals surface area contributed by atoms with Crippen LogP contribution in [0.1, 0.15) is 17.4 Å². The topological polar surface area (TPSA) is 33.1 Å². The summed E-state index contributed by atoms with van der Waals surface area (Å²) in [4.78, 5) is 4.08. The summed E-state index contributed by atoms with van der Waals surface area (Å²) in [5.41, 5.74) is 1.45. The average molecular weight is 268 g/mol. The average Bonchev–Trinajstić information content (AvgIpc) is 2.29. The van der Waals surface area contributed by atoms with Gasteiger partial charge in [0.25, 0.3) is 0 Å². The highest BCUT2D eigenvalue weighted by molar-refractivity contribution is 6.31. The molecule has 2 rings (SSSR count). The molecule has 1 N–H and O–H groups in total. The molecule has 0 spiro atoms. The standard InChI is InChI=1S/C13H11Cl2NO/c14-10-4-1-3-9(7-10)8-12(17)13-11(15)5-2-6-16-13/h1-7,12,17H,8H2. The maximum Gasteiger partial charge on any atom is 0.101 e. The lowest BCUT2D eigenvalue weighted by Crippen LogP contribution is -2.04. The Balaban J connectivity index is 2.17. The summed E-state index contributed by atoms with van der Waals surface area (Å²) in [6.07, 6.45) is 1.34. The van der Waals surface area contributed by atoms with E-state index in [1.165, 1.54) is 0 Å². The molecule has 0 amide bonds. The predicted molar refractivity (Wildman–Crippen MR) is 69.4 cm³/mol. The zero-order valence-corrected chi connectivity index (χ0v) is 10.5. The van der Waals surface area contributed by atoms with Gasteiger partial charge in [-0.1, -0.05) is 35.3 Å². The molecular weight excluding hydrogens is 257 g/mol. The van der Waals surface area contributed by atoms with Gasteiger partial charge in [0.05, 0.1) is 10.7 Å². The van der Waals surface area contributed by atoms with Gasteiger partial charge in [-0.25, -0.2) is 0 Å². The molecule has 0 saturated heterocycles. The van der Waals surface area contributed by atoms with Crippen molar-refractivity contribution in [3.63, 3.8) is 0 Å². The predicted octanol–water partition coefficient (Wildman–Crippen LogP) is 3.66. The first-order chi connectivity index (χ1) is 8.16. The minimum Gasteiger partial charge on any atom is -0.386 e. The van der Waals surface area contributed by atoms with E-state index in [0.29, 0.717) is 22.2 Å². The maximum atomic E-state index is 10.1. The summed E-state index contributed by atoms with van der Waals surface area (Å²) < 4.78 is 0. The van der Waals surface area contributed by atoms with Gasteiger partial charge in [-0.3, -0.25) is 4.98 Å². The number of aliphatic hydroxyl groups excluding tert-OH is 1. The number of hydrogen-bond donors (Lipinski definition) is 1. The number of hydrogen-bond acceptors (Lipinski definition) is 2. The number of nitrogens with zero attached hydrogens (tertiary/aromatic N) is 1. The van der Waals surface area contributed by atoms with Crippen molar-refractivity contribution in [2.45, 2.75) is 12.5 Å². The van der Waals surface area contributed by atoms with Crippen molar-refractivity contribution in [3.05, 3.63) is 63.9 Å². The van der Waals surface area contributed by atoms with Crippen molar-refractivity contribution in [1.82, 2.24) is 4.98 Å². The Kier molecular flexibility index (Phi) is 4.00. The van der Waals surface area contributed by atoms with Crippen LogP contribution in [-0.2, 0) is 6.42 Å². The molecule has 1 atom stereocenters. The molecular formula is C13H11Cl2NO. The van der Waals surface area contributed by atoms with Gasteiger partial charge in [0, 0.05) is 17.6 Å². The summed E-state index contributed by atoms with van der Waals surface area (Å²) in [7, 11) is 0. The lowest BCUT2D eigenvalue weighted by molar-refractivity contribution is 0.174. The quantitative estimate of drug-likeness (QED) is 0.921. The maximum absolute atomic E-state index is 10.1. The molecule has 0 saturated carbocycles. The molecule has 0 radical (unpaired) electrons. The van der Waals surface area contributed by atoms with Crippen molar-refractivity contribution in [3.8, 4) is 0 Å². The van der Waals surface area contributed by atoms with Crippen LogP contribution in [0.25, 0.3) is 0 Å². The minimum atomic E-state index is -0.720. The summed E-state index contributed by atoms with van der Waals surface area (Å²) in [5, 5.41) is 11.2.